The molecule has 0 saturated carbocycles. The van der Waals surface area contributed by atoms with Crippen LogP contribution in [0.1, 0.15) is 15.9 Å². The number of hydrogen-bond donors (Lipinski definition) is 0. The quantitative estimate of drug-likeness (QED) is 0.579. The van der Waals surface area contributed by atoms with E-state index in [1.165, 1.54) is 12.3 Å². The number of nitrogens with zero attached hydrogens (tertiary/aromatic N) is 3. The van der Waals surface area contributed by atoms with Crippen molar-refractivity contribution in [1.29, 1.82) is 0 Å². The van der Waals surface area contributed by atoms with Gasteiger partial charge in [0.15, 0.2) is 0 Å². The standard InChI is InChI=1S/C18H15N3O4S/c1-25-14-8-6-13(7-9-14)20-11-16(22)21(18(20)26)19-10-12-4-2-3-5-15(12)17(23)24/h2-10H,11H2,1H3,(H,23,24)/p-1/b19-10-. The van der Waals surface area contributed by atoms with Crippen molar-refractivity contribution in [2.24, 2.45) is 5.10 Å². The Bertz CT molecular complexity index is 896. The Morgan fingerprint density at radius 1 is 1.23 bits per heavy atom. The first-order chi connectivity index (χ1) is 12.5. The van der Waals surface area contributed by atoms with E-state index in [1.54, 1.807) is 54.5 Å². The maximum absolute atomic E-state index is 12.3. The third-order valence-electron chi connectivity index (χ3n) is 3.82. The van der Waals surface area contributed by atoms with E-state index in [-0.39, 0.29) is 23.1 Å². The number of benzene rings is 2. The van der Waals surface area contributed by atoms with Crippen LogP contribution in [0.5, 0.6) is 5.75 Å². The number of thiocarbonyl (C=S) groups is 1. The molecule has 2 aromatic carbocycles. The molecule has 0 bridgehead atoms. The first kappa shape index (κ1) is 17.6. The average molecular weight is 368 g/mol. The van der Waals surface area contributed by atoms with Gasteiger partial charge in [-0.25, -0.2) is 0 Å². The Morgan fingerprint density at radius 3 is 2.58 bits per heavy atom. The molecule has 3 rings (SSSR count). The molecule has 8 heteroatoms. The van der Waals surface area contributed by atoms with E-state index in [2.05, 4.69) is 5.10 Å². The molecular formula is C18H14N3O4S-. The van der Waals surface area contributed by atoms with Gasteiger partial charge in [-0.1, -0.05) is 24.3 Å². The van der Waals surface area contributed by atoms with Crippen LogP contribution in [0.15, 0.2) is 53.6 Å². The van der Waals surface area contributed by atoms with Crippen LogP contribution in [-0.2, 0) is 4.79 Å². The van der Waals surface area contributed by atoms with Crippen LogP contribution in [0.4, 0.5) is 5.69 Å². The lowest BCUT2D eigenvalue weighted by Gasteiger charge is -2.17. The predicted molar refractivity (Wildman–Crippen MR) is 98.2 cm³/mol. The van der Waals surface area contributed by atoms with Crippen LogP contribution < -0.4 is 14.7 Å². The molecule has 7 nitrogen and oxygen atoms in total. The predicted octanol–water partition coefficient (Wildman–Crippen LogP) is 1.03. The first-order valence-corrected chi connectivity index (χ1v) is 8.05. The van der Waals surface area contributed by atoms with Crippen molar-refractivity contribution in [1.82, 2.24) is 5.01 Å². The summed E-state index contributed by atoms with van der Waals surface area (Å²) < 4.78 is 5.11. The van der Waals surface area contributed by atoms with Crippen molar-refractivity contribution < 1.29 is 19.4 Å². The monoisotopic (exact) mass is 368 g/mol. The van der Waals surface area contributed by atoms with Crippen LogP contribution in [-0.4, -0.2) is 41.9 Å². The van der Waals surface area contributed by atoms with Gasteiger partial charge in [0.2, 0.25) is 5.11 Å². The number of methoxy groups -OCH3 is 1. The number of hydrazone groups is 1. The molecule has 0 atom stereocenters. The van der Waals surface area contributed by atoms with Crippen LogP contribution in [0.25, 0.3) is 0 Å². The number of carboxylic acids is 1. The molecule has 0 radical (unpaired) electrons. The molecule has 0 spiro atoms. The van der Waals surface area contributed by atoms with Crippen molar-refractivity contribution in [3.8, 4) is 5.75 Å². The largest absolute Gasteiger partial charge is 0.545 e. The van der Waals surface area contributed by atoms with Gasteiger partial charge in [-0.2, -0.15) is 10.1 Å². The zero-order valence-corrected chi connectivity index (χ0v) is 14.6. The summed E-state index contributed by atoms with van der Waals surface area (Å²) in [5.41, 5.74) is 1.05. The van der Waals surface area contributed by atoms with Crippen molar-refractivity contribution >= 4 is 41.1 Å². The van der Waals surface area contributed by atoms with Gasteiger partial charge in [-0.15, -0.1) is 0 Å². The molecule has 0 aromatic heterocycles. The van der Waals surface area contributed by atoms with E-state index in [9.17, 15) is 14.7 Å². The van der Waals surface area contributed by atoms with Crippen LogP contribution in [0.3, 0.4) is 0 Å². The van der Waals surface area contributed by atoms with Crippen LogP contribution >= 0.6 is 12.2 Å². The van der Waals surface area contributed by atoms with E-state index in [0.717, 1.165) is 10.7 Å². The zero-order valence-electron chi connectivity index (χ0n) is 13.8. The molecule has 1 aliphatic rings. The minimum absolute atomic E-state index is 0.0131. The maximum atomic E-state index is 12.3. The number of carboxylic acid groups (broad SMARTS) is 1. The van der Waals surface area contributed by atoms with E-state index in [1.807, 2.05) is 0 Å². The van der Waals surface area contributed by atoms with Gasteiger partial charge in [0.1, 0.15) is 12.3 Å². The van der Waals surface area contributed by atoms with Gasteiger partial charge in [0.05, 0.1) is 19.3 Å². The molecule has 0 aliphatic carbocycles. The van der Waals surface area contributed by atoms with Gasteiger partial charge in [0, 0.05) is 16.8 Å². The number of aromatic carboxylic acids is 1. The highest BCUT2D eigenvalue weighted by Gasteiger charge is 2.33. The van der Waals surface area contributed by atoms with E-state index in [0.29, 0.717) is 11.3 Å². The summed E-state index contributed by atoms with van der Waals surface area (Å²) in [4.78, 5) is 25.0. The lowest BCUT2D eigenvalue weighted by molar-refractivity contribution is -0.255. The Morgan fingerprint density at radius 2 is 1.92 bits per heavy atom. The summed E-state index contributed by atoms with van der Waals surface area (Å²) in [6, 6.07) is 13.3. The fraction of sp³-hybridized carbons (Fsp3) is 0.111. The summed E-state index contributed by atoms with van der Waals surface area (Å²) in [6.07, 6.45) is 1.28. The van der Waals surface area contributed by atoms with E-state index < -0.39 is 5.97 Å². The maximum Gasteiger partial charge on any atom is 0.269 e. The normalized spacial score (nSPS) is 14.3. The number of hydrogen-bond acceptors (Lipinski definition) is 6. The van der Waals surface area contributed by atoms with Crippen molar-refractivity contribution in [3.05, 3.63) is 59.7 Å². The Hall–Kier alpha value is -3.26. The third kappa shape index (κ3) is 3.40. The highest BCUT2D eigenvalue weighted by molar-refractivity contribution is 7.80. The minimum Gasteiger partial charge on any atom is -0.545 e. The summed E-state index contributed by atoms with van der Waals surface area (Å²) in [7, 11) is 1.57. The Balaban J connectivity index is 1.82. The number of carbonyl (C=O) groups excluding carboxylic acids is 2. The van der Waals surface area contributed by atoms with Gasteiger partial charge < -0.3 is 19.5 Å². The summed E-state index contributed by atoms with van der Waals surface area (Å²) in [5.74, 6) is -0.936. The molecule has 2 aromatic rings. The highest BCUT2D eigenvalue weighted by Crippen LogP contribution is 2.24. The zero-order chi connectivity index (χ0) is 18.7. The molecule has 1 aliphatic heterocycles. The minimum atomic E-state index is -1.32. The van der Waals surface area contributed by atoms with Crippen LogP contribution in [0, 0.1) is 0 Å². The second kappa shape index (κ2) is 7.32. The number of amides is 1. The van der Waals surface area contributed by atoms with Gasteiger partial charge in [0.25, 0.3) is 5.91 Å². The summed E-state index contributed by atoms with van der Waals surface area (Å²) in [5, 5.41) is 16.5. The topological polar surface area (TPSA) is 85.3 Å². The van der Waals surface area contributed by atoms with Crippen molar-refractivity contribution in [2.45, 2.75) is 0 Å². The van der Waals surface area contributed by atoms with E-state index in [4.69, 9.17) is 17.0 Å². The molecule has 26 heavy (non-hydrogen) atoms. The summed E-state index contributed by atoms with van der Waals surface area (Å²) >= 11 is 5.34. The average Bonchev–Trinajstić information content (AvgIpc) is 2.94. The number of carbonyl (C=O) groups is 2. The SMILES string of the molecule is COc1ccc(N2CC(=O)N(/N=C\c3ccccc3C(=O)[O-])C2=S)cc1. The lowest BCUT2D eigenvalue weighted by atomic mass is 10.1. The van der Waals surface area contributed by atoms with Crippen molar-refractivity contribution in [3.63, 3.8) is 0 Å². The number of ether oxygens (including phenoxy) is 1. The first-order valence-electron chi connectivity index (χ1n) is 7.64. The smallest absolute Gasteiger partial charge is 0.269 e. The third-order valence-corrected chi connectivity index (χ3v) is 4.21. The molecule has 0 unspecified atom stereocenters. The highest BCUT2D eigenvalue weighted by atomic mass is 32.1. The second-order valence-electron chi connectivity index (χ2n) is 5.39. The fourth-order valence-electron chi connectivity index (χ4n) is 2.48. The fourth-order valence-corrected chi connectivity index (χ4v) is 2.80. The number of rotatable bonds is 5. The Labute approximate surface area is 155 Å². The molecular weight excluding hydrogens is 354 g/mol. The molecule has 0 N–H and O–H groups in total. The van der Waals surface area contributed by atoms with Crippen molar-refractivity contribution in [2.75, 3.05) is 18.6 Å². The number of anilines is 1. The van der Waals surface area contributed by atoms with Gasteiger partial charge in [-0.05, 0) is 36.5 Å². The Kier molecular flexibility index (Phi) is 4.94. The molecule has 1 saturated heterocycles. The second-order valence-corrected chi connectivity index (χ2v) is 5.76. The lowest BCUT2D eigenvalue weighted by Crippen LogP contribution is -2.29. The summed E-state index contributed by atoms with van der Waals surface area (Å²) in [6.45, 7) is 0.0463. The van der Waals surface area contributed by atoms with Crippen LogP contribution in [0.2, 0.25) is 0 Å². The molecule has 1 heterocycles. The van der Waals surface area contributed by atoms with Gasteiger partial charge >= 0.3 is 0 Å². The van der Waals surface area contributed by atoms with E-state index >= 15 is 0 Å². The molecule has 1 fully saturated rings. The molecule has 1 amide bonds. The van der Waals surface area contributed by atoms with Gasteiger partial charge in [-0.3, -0.25) is 4.79 Å². The molecule has 132 valence electrons.